The number of nitrogens with one attached hydrogen (secondary N) is 2. The van der Waals surface area contributed by atoms with Gasteiger partial charge in [0.15, 0.2) is 5.96 Å². The van der Waals surface area contributed by atoms with Crippen molar-refractivity contribution in [2.45, 2.75) is 32.4 Å². The third kappa shape index (κ3) is 5.31. The van der Waals surface area contributed by atoms with E-state index < -0.39 is 0 Å². The number of benzene rings is 2. The number of carbonyl (C=O) groups excluding carboxylic acids is 1. The van der Waals surface area contributed by atoms with Gasteiger partial charge in [-0.05, 0) is 35.6 Å². The Kier molecular flexibility index (Phi) is 7.00. The van der Waals surface area contributed by atoms with Crippen LogP contribution in [0.5, 0.6) is 0 Å². The van der Waals surface area contributed by atoms with Crippen molar-refractivity contribution in [3.05, 3.63) is 71.0 Å². The molecule has 1 amide bonds. The van der Waals surface area contributed by atoms with E-state index in [1.165, 1.54) is 17.2 Å². The molecule has 0 spiro atoms. The molecule has 0 unspecified atom stereocenters. The highest BCUT2D eigenvalue weighted by Crippen LogP contribution is 2.22. The SMILES string of the molecule is CN=C(NCCCC(=O)N1Cc2ccccc2C1)NCCc1ccccc1F. The van der Waals surface area contributed by atoms with Gasteiger partial charge in [-0.15, -0.1) is 0 Å². The Bertz CT molecular complexity index is 812. The van der Waals surface area contributed by atoms with Crippen LogP contribution in [0.4, 0.5) is 4.39 Å². The summed E-state index contributed by atoms with van der Waals surface area (Å²) in [6.07, 6.45) is 1.83. The molecule has 0 atom stereocenters. The lowest BCUT2D eigenvalue weighted by Crippen LogP contribution is -2.39. The van der Waals surface area contributed by atoms with Crippen LogP contribution in [0.15, 0.2) is 53.5 Å². The summed E-state index contributed by atoms with van der Waals surface area (Å²) in [7, 11) is 1.70. The smallest absolute Gasteiger partial charge is 0.223 e. The maximum Gasteiger partial charge on any atom is 0.223 e. The van der Waals surface area contributed by atoms with Gasteiger partial charge in [0.05, 0.1) is 0 Å². The summed E-state index contributed by atoms with van der Waals surface area (Å²) in [6.45, 7) is 2.67. The van der Waals surface area contributed by atoms with E-state index in [0.29, 0.717) is 50.5 Å². The summed E-state index contributed by atoms with van der Waals surface area (Å²) in [5.41, 5.74) is 3.17. The quantitative estimate of drug-likeness (QED) is 0.440. The number of guanidine groups is 1. The third-order valence-electron chi connectivity index (χ3n) is 4.92. The van der Waals surface area contributed by atoms with Gasteiger partial charge in [0, 0.05) is 39.6 Å². The summed E-state index contributed by atoms with van der Waals surface area (Å²) >= 11 is 0. The monoisotopic (exact) mass is 382 g/mol. The van der Waals surface area contributed by atoms with Crippen LogP contribution in [-0.4, -0.2) is 36.9 Å². The van der Waals surface area contributed by atoms with E-state index in [2.05, 4.69) is 27.8 Å². The molecule has 148 valence electrons. The van der Waals surface area contributed by atoms with Gasteiger partial charge < -0.3 is 15.5 Å². The van der Waals surface area contributed by atoms with Crippen molar-refractivity contribution in [2.75, 3.05) is 20.1 Å². The van der Waals surface area contributed by atoms with Crippen molar-refractivity contribution in [1.82, 2.24) is 15.5 Å². The van der Waals surface area contributed by atoms with E-state index in [9.17, 15) is 9.18 Å². The van der Waals surface area contributed by atoms with Crippen molar-refractivity contribution < 1.29 is 9.18 Å². The summed E-state index contributed by atoms with van der Waals surface area (Å²) in [6, 6.07) is 15.0. The minimum absolute atomic E-state index is 0.181. The van der Waals surface area contributed by atoms with Crippen LogP contribution in [0.2, 0.25) is 0 Å². The molecule has 6 heteroatoms. The number of amides is 1. The van der Waals surface area contributed by atoms with E-state index in [4.69, 9.17) is 0 Å². The van der Waals surface area contributed by atoms with Gasteiger partial charge in [0.1, 0.15) is 5.82 Å². The van der Waals surface area contributed by atoms with Crippen LogP contribution < -0.4 is 10.6 Å². The standard InChI is InChI=1S/C22H27FN4O/c1-24-22(26-14-12-17-7-4-5-10-20(17)23)25-13-6-11-21(28)27-15-18-8-2-3-9-19(18)16-27/h2-5,7-10H,6,11-16H2,1H3,(H2,24,25,26). The van der Waals surface area contributed by atoms with Crippen LogP contribution in [-0.2, 0) is 24.3 Å². The number of fused-ring (bicyclic) bond motifs is 1. The second-order valence-corrected chi connectivity index (χ2v) is 6.89. The molecule has 0 saturated carbocycles. The van der Waals surface area contributed by atoms with E-state index in [-0.39, 0.29) is 11.7 Å². The first-order chi connectivity index (χ1) is 13.7. The maximum atomic E-state index is 13.6. The zero-order chi connectivity index (χ0) is 19.8. The first kappa shape index (κ1) is 19.9. The lowest BCUT2D eigenvalue weighted by atomic mass is 10.1. The van der Waals surface area contributed by atoms with E-state index >= 15 is 0 Å². The Hall–Kier alpha value is -2.89. The molecule has 2 N–H and O–H groups in total. The van der Waals surface area contributed by atoms with Crippen LogP contribution >= 0.6 is 0 Å². The number of hydrogen-bond acceptors (Lipinski definition) is 2. The number of aliphatic imine (C=N–C) groups is 1. The van der Waals surface area contributed by atoms with Crippen LogP contribution in [0.1, 0.15) is 29.5 Å². The Balaban J connectivity index is 1.33. The van der Waals surface area contributed by atoms with Crippen molar-refractivity contribution in [3.8, 4) is 0 Å². The van der Waals surface area contributed by atoms with Gasteiger partial charge >= 0.3 is 0 Å². The fourth-order valence-electron chi connectivity index (χ4n) is 3.35. The molecule has 0 aromatic heterocycles. The molecule has 2 aromatic rings. The van der Waals surface area contributed by atoms with Gasteiger partial charge in [-0.3, -0.25) is 9.79 Å². The Labute approximate surface area is 165 Å². The molecule has 2 aromatic carbocycles. The first-order valence-electron chi connectivity index (χ1n) is 9.70. The fraction of sp³-hybridized carbons (Fsp3) is 0.364. The minimum atomic E-state index is -0.185. The topological polar surface area (TPSA) is 56.7 Å². The fourth-order valence-corrected chi connectivity index (χ4v) is 3.35. The van der Waals surface area contributed by atoms with Crippen molar-refractivity contribution in [1.29, 1.82) is 0 Å². The molecule has 3 rings (SSSR count). The molecule has 0 fully saturated rings. The molecule has 1 heterocycles. The zero-order valence-electron chi connectivity index (χ0n) is 16.2. The summed E-state index contributed by atoms with van der Waals surface area (Å²) in [5, 5.41) is 6.38. The molecular weight excluding hydrogens is 355 g/mol. The zero-order valence-corrected chi connectivity index (χ0v) is 16.2. The van der Waals surface area contributed by atoms with E-state index in [0.717, 1.165) is 6.42 Å². The normalized spacial score (nSPS) is 13.4. The van der Waals surface area contributed by atoms with Crippen molar-refractivity contribution in [2.24, 2.45) is 4.99 Å². The molecule has 0 saturated heterocycles. The van der Waals surface area contributed by atoms with Crippen LogP contribution in [0.25, 0.3) is 0 Å². The van der Waals surface area contributed by atoms with E-state index in [1.54, 1.807) is 19.2 Å². The number of rotatable bonds is 7. The number of hydrogen-bond donors (Lipinski definition) is 2. The molecule has 0 radical (unpaired) electrons. The second-order valence-electron chi connectivity index (χ2n) is 6.89. The molecular formula is C22H27FN4O. The van der Waals surface area contributed by atoms with Gasteiger partial charge in [0.2, 0.25) is 5.91 Å². The van der Waals surface area contributed by atoms with E-state index in [1.807, 2.05) is 23.1 Å². The molecule has 28 heavy (non-hydrogen) atoms. The molecule has 5 nitrogen and oxygen atoms in total. The number of halogens is 1. The number of carbonyl (C=O) groups is 1. The lowest BCUT2D eigenvalue weighted by molar-refractivity contribution is -0.131. The Morgan fingerprint density at radius 1 is 1.04 bits per heavy atom. The van der Waals surface area contributed by atoms with Gasteiger partial charge in [-0.1, -0.05) is 42.5 Å². The van der Waals surface area contributed by atoms with Gasteiger partial charge in [-0.2, -0.15) is 0 Å². The lowest BCUT2D eigenvalue weighted by Gasteiger charge is -2.16. The average Bonchev–Trinajstić information content (AvgIpc) is 3.15. The average molecular weight is 382 g/mol. The summed E-state index contributed by atoms with van der Waals surface area (Å²) in [4.78, 5) is 18.5. The third-order valence-corrected chi connectivity index (χ3v) is 4.92. The van der Waals surface area contributed by atoms with Crippen LogP contribution in [0.3, 0.4) is 0 Å². The highest BCUT2D eigenvalue weighted by atomic mass is 19.1. The second kappa shape index (κ2) is 9.88. The number of nitrogens with zero attached hydrogens (tertiary/aromatic N) is 2. The van der Waals surface area contributed by atoms with Crippen molar-refractivity contribution >= 4 is 11.9 Å². The highest BCUT2D eigenvalue weighted by Gasteiger charge is 2.22. The predicted octanol–water partition coefficient (Wildman–Crippen LogP) is 2.86. The molecule has 0 aliphatic carbocycles. The van der Waals surface area contributed by atoms with Gasteiger partial charge in [0.25, 0.3) is 0 Å². The highest BCUT2D eigenvalue weighted by molar-refractivity contribution is 5.80. The van der Waals surface area contributed by atoms with Gasteiger partial charge in [-0.25, -0.2) is 4.39 Å². The molecule has 1 aliphatic heterocycles. The maximum absolute atomic E-state index is 13.6. The Morgan fingerprint density at radius 3 is 2.36 bits per heavy atom. The van der Waals surface area contributed by atoms with Crippen LogP contribution in [0, 0.1) is 5.82 Å². The Morgan fingerprint density at radius 2 is 1.68 bits per heavy atom. The largest absolute Gasteiger partial charge is 0.356 e. The molecule has 0 bridgehead atoms. The predicted molar refractivity (Wildman–Crippen MR) is 109 cm³/mol. The summed E-state index contributed by atoms with van der Waals surface area (Å²) < 4.78 is 13.6. The molecule has 1 aliphatic rings. The van der Waals surface area contributed by atoms with Crippen molar-refractivity contribution in [3.63, 3.8) is 0 Å². The minimum Gasteiger partial charge on any atom is -0.356 e. The summed E-state index contributed by atoms with van der Waals surface area (Å²) in [5.74, 6) is 0.660. The first-order valence-corrected chi connectivity index (χ1v) is 9.70.